The van der Waals surface area contributed by atoms with Gasteiger partial charge in [-0.05, 0) is 7.05 Å². The SMILES string of the molecule is CN1CC2NCCSC2C1. The van der Waals surface area contributed by atoms with E-state index in [-0.39, 0.29) is 0 Å². The van der Waals surface area contributed by atoms with Crippen LogP contribution in [-0.2, 0) is 0 Å². The Labute approximate surface area is 66.4 Å². The number of hydrogen-bond acceptors (Lipinski definition) is 3. The molecular weight excluding hydrogens is 144 g/mol. The number of likely N-dealkylation sites (tertiary alicyclic amines) is 1. The lowest BCUT2D eigenvalue weighted by atomic mass is 10.2. The van der Waals surface area contributed by atoms with Crippen molar-refractivity contribution in [2.45, 2.75) is 11.3 Å². The molecule has 2 heterocycles. The summed E-state index contributed by atoms with van der Waals surface area (Å²) in [5, 5.41) is 4.42. The zero-order valence-corrected chi connectivity index (χ0v) is 7.16. The molecule has 0 aromatic heterocycles. The average Bonchev–Trinajstić information content (AvgIpc) is 2.27. The molecule has 2 atom stereocenters. The first-order chi connectivity index (χ1) is 4.86. The minimum atomic E-state index is 0.781. The Balaban J connectivity index is 1.97. The maximum absolute atomic E-state index is 3.55. The second-order valence-electron chi connectivity index (χ2n) is 3.19. The summed E-state index contributed by atoms with van der Waals surface area (Å²) in [6.45, 7) is 3.74. The molecule has 0 amide bonds. The lowest BCUT2D eigenvalue weighted by Crippen LogP contribution is -2.43. The van der Waals surface area contributed by atoms with Crippen molar-refractivity contribution in [2.75, 3.05) is 32.4 Å². The van der Waals surface area contributed by atoms with Crippen LogP contribution in [0.25, 0.3) is 0 Å². The normalized spacial score (nSPS) is 41.7. The van der Waals surface area contributed by atoms with Gasteiger partial charge in [0.1, 0.15) is 0 Å². The number of nitrogens with zero attached hydrogens (tertiary/aromatic N) is 1. The molecule has 0 aromatic rings. The van der Waals surface area contributed by atoms with Crippen molar-refractivity contribution in [3.63, 3.8) is 0 Å². The van der Waals surface area contributed by atoms with Crippen LogP contribution in [0.2, 0.25) is 0 Å². The molecule has 10 heavy (non-hydrogen) atoms. The van der Waals surface area contributed by atoms with Crippen molar-refractivity contribution in [3.8, 4) is 0 Å². The lowest BCUT2D eigenvalue weighted by Gasteiger charge is -2.24. The lowest BCUT2D eigenvalue weighted by molar-refractivity contribution is 0.401. The Hall–Kier alpha value is 0.270. The molecule has 2 fully saturated rings. The van der Waals surface area contributed by atoms with Crippen LogP contribution in [0.1, 0.15) is 0 Å². The Morgan fingerprint density at radius 2 is 2.40 bits per heavy atom. The minimum absolute atomic E-state index is 0.781. The van der Waals surface area contributed by atoms with Crippen molar-refractivity contribution < 1.29 is 0 Å². The second-order valence-corrected chi connectivity index (χ2v) is 4.54. The van der Waals surface area contributed by atoms with Gasteiger partial charge in [0.25, 0.3) is 0 Å². The molecule has 2 aliphatic heterocycles. The van der Waals surface area contributed by atoms with Crippen molar-refractivity contribution in [1.29, 1.82) is 0 Å². The zero-order valence-electron chi connectivity index (χ0n) is 6.34. The van der Waals surface area contributed by atoms with Gasteiger partial charge in [-0.2, -0.15) is 11.8 Å². The van der Waals surface area contributed by atoms with Gasteiger partial charge in [0, 0.05) is 36.7 Å². The van der Waals surface area contributed by atoms with Gasteiger partial charge in [-0.25, -0.2) is 0 Å². The molecule has 0 aromatic carbocycles. The highest BCUT2D eigenvalue weighted by Gasteiger charge is 2.32. The van der Waals surface area contributed by atoms with Crippen LogP contribution in [0.4, 0.5) is 0 Å². The highest BCUT2D eigenvalue weighted by atomic mass is 32.2. The number of nitrogens with one attached hydrogen (secondary N) is 1. The van der Waals surface area contributed by atoms with E-state index in [0.29, 0.717) is 0 Å². The summed E-state index contributed by atoms with van der Waals surface area (Å²) in [5.74, 6) is 1.30. The van der Waals surface area contributed by atoms with Gasteiger partial charge in [0.15, 0.2) is 0 Å². The molecule has 2 saturated heterocycles. The van der Waals surface area contributed by atoms with E-state index in [1.807, 2.05) is 0 Å². The van der Waals surface area contributed by atoms with Gasteiger partial charge < -0.3 is 10.2 Å². The highest BCUT2D eigenvalue weighted by molar-refractivity contribution is 8.00. The molecular formula is C7H14N2S. The minimum Gasteiger partial charge on any atom is -0.311 e. The van der Waals surface area contributed by atoms with Gasteiger partial charge in [-0.1, -0.05) is 0 Å². The Morgan fingerprint density at radius 1 is 1.50 bits per heavy atom. The molecule has 2 nitrogen and oxygen atoms in total. The van der Waals surface area contributed by atoms with Crippen LogP contribution < -0.4 is 5.32 Å². The predicted octanol–water partition coefficient (Wildman–Crippen LogP) is 0.00540. The van der Waals surface area contributed by atoms with Crippen molar-refractivity contribution in [3.05, 3.63) is 0 Å². The third-order valence-electron chi connectivity index (χ3n) is 2.29. The molecule has 0 radical (unpaired) electrons. The molecule has 3 heteroatoms. The van der Waals surface area contributed by atoms with E-state index in [0.717, 1.165) is 11.3 Å². The fourth-order valence-electron chi connectivity index (χ4n) is 1.78. The smallest absolute Gasteiger partial charge is 0.0341 e. The van der Waals surface area contributed by atoms with Crippen LogP contribution in [-0.4, -0.2) is 48.6 Å². The number of hydrogen-bond donors (Lipinski definition) is 1. The topological polar surface area (TPSA) is 15.3 Å². The van der Waals surface area contributed by atoms with Crippen LogP contribution in [0.5, 0.6) is 0 Å². The zero-order chi connectivity index (χ0) is 6.97. The van der Waals surface area contributed by atoms with Gasteiger partial charge >= 0.3 is 0 Å². The largest absolute Gasteiger partial charge is 0.311 e. The third-order valence-corrected chi connectivity index (χ3v) is 3.63. The predicted molar refractivity (Wildman–Crippen MR) is 45.5 cm³/mol. The maximum Gasteiger partial charge on any atom is 0.0341 e. The molecule has 0 spiro atoms. The molecule has 2 aliphatic rings. The molecule has 58 valence electrons. The quantitative estimate of drug-likeness (QED) is 0.534. The Kier molecular flexibility index (Phi) is 1.89. The van der Waals surface area contributed by atoms with E-state index in [2.05, 4.69) is 29.0 Å². The van der Waals surface area contributed by atoms with Gasteiger partial charge in [-0.3, -0.25) is 0 Å². The summed E-state index contributed by atoms with van der Waals surface area (Å²) in [6, 6.07) is 0.781. The number of fused-ring (bicyclic) bond motifs is 1. The fraction of sp³-hybridized carbons (Fsp3) is 1.00. The van der Waals surface area contributed by atoms with Crippen LogP contribution in [0, 0.1) is 0 Å². The number of rotatable bonds is 0. The van der Waals surface area contributed by atoms with Gasteiger partial charge in [0.2, 0.25) is 0 Å². The van der Waals surface area contributed by atoms with E-state index < -0.39 is 0 Å². The van der Waals surface area contributed by atoms with Crippen molar-refractivity contribution >= 4 is 11.8 Å². The van der Waals surface area contributed by atoms with E-state index in [4.69, 9.17) is 0 Å². The van der Waals surface area contributed by atoms with Crippen LogP contribution in [0.15, 0.2) is 0 Å². The van der Waals surface area contributed by atoms with Crippen LogP contribution >= 0.6 is 11.8 Å². The first-order valence-electron chi connectivity index (χ1n) is 3.90. The summed E-state index contributed by atoms with van der Waals surface area (Å²) in [5.41, 5.74) is 0. The highest BCUT2D eigenvalue weighted by Crippen LogP contribution is 2.24. The number of likely N-dealkylation sites (N-methyl/N-ethyl adjacent to an activating group) is 1. The summed E-state index contributed by atoms with van der Waals surface area (Å²) in [6.07, 6.45) is 0. The Bertz CT molecular complexity index is 115. The van der Waals surface area contributed by atoms with E-state index in [9.17, 15) is 0 Å². The van der Waals surface area contributed by atoms with Gasteiger partial charge in [0.05, 0.1) is 0 Å². The molecule has 0 bridgehead atoms. The van der Waals surface area contributed by atoms with E-state index >= 15 is 0 Å². The molecule has 2 unspecified atom stereocenters. The average molecular weight is 158 g/mol. The standard InChI is InChI=1S/C7H14N2S/c1-9-4-6-7(5-9)10-3-2-8-6/h6-8H,2-5H2,1H3. The first kappa shape index (κ1) is 6.95. The van der Waals surface area contributed by atoms with Crippen LogP contribution in [0.3, 0.4) is 0 Å². The van der Waals surface area contributed by atoms with Crippen molar-refractivity contribution in [2.24, 2.45) is 0 Å². The van der Waals surface area contributed by atoms with E-state index in [1.165, 1.54) is 25.4 Å². The Morgan fingerprint density at radius 3 is 3.20 bits per heavy atom. The summed E-state index contributed by atoms with van der Waals surface area (Å²) < 4.78 is 0. The van der Waals surface area contributed by atoms with Crippen molar-refractivity contribution in [1.82, 2.24) is 10.2 Å². The fourth-order valence-corrected chi connectivity index (χ4v) is 3.09. The first-order valence-corrected chi connectivity index (χ1v) is 4.94. The third kappa shape index (κ3) is 1.18. The van der Waals surface area contributed by atoms with E-state index in [1.54, 1.807) is 0 Å². The molecule has 2 rings (SSSR count). The monoisotopic (exact) mass is 158 g/mol. The molecule has 1 N–H and O–H groups in total. The van der Waals surface area contributed by atoms with Gasteiger partial charge in [-0.15, -0.1) is 0 Å². The second kappa shape index (κ2) is 2.72. The maximum atomic E-state index is 3.55. The summed E-state index contributed by atoms with van der Waals surface area (Å²) in [7, 11) is 2.21. The number of thioether (sulfide) groups is 1. The summed E-state index contributed by atoms with van der Waals surface area (Å²) >= 11 is 2.13. The molecule has 0 saturated carbocycles. The summed E-state index contributed by atoms with van der Waals surface area (Å²) in [4.78, 5) is 2.42. The molecule has 0 aliphatic carbocycles.